The molecule has 0 spiro atoms. The number of amides is 1. The molecule has 1 saturated heterocycles. The van der Waals surface area contributed by atoms with Crippen LogP contribution in [0, 0.1) is 6.92 Å². The summed E-state index contributed by atoms with van der Waals surface area (Å²) in [6, 6.07) is 3.22. The Bertz CT molecular complexity index is 515. The number of morpholine rings is 1. The molecule has 2 rings (SSSR count). The molecule has 0 radical (unpaired) electrons. The molecule has 1 heterocycles. The second-order valence-electron chi connectivity index (χ2n) is 3.99. The molecule has 0 aromatic heterocycles. The van der Waals surface area contributed by atoms with E-state index in [0.29, 0.717) is 18.7 Å². The third kappa shape index (κ3) is 2.19. The van der Waals surface area contributed by atoms with Crippen molar-refractivity contribution in [2.24, 2.45) is 0 Å². The monoisotopic (exact) mass is 269 g/mol. The molecule has 1 aliphatic rings. The second kappa shape index (κ2) is 4.96. The molecule has 5 nitrogen and oxygen atoms in total. The number of carboxylic acids is 1. The lowest BCUT2D eigenvalue weighted by Gasteiger charge is -2.29. The molecule has 96 valence electrons. The van der Waals surface area contributed by atoms with Gasteiger partial charge in [-0.05, 0) is 18.6 Å². The minimum atomic E-state index is -1.09. The average molecular weight is 270 g/mol. The summed E-state index contributed by atoms with van der Waals surface area (Å²) in [7, 11) is 0. The summed E-state index contributed by atoms with van der Waals surface area (Å²) in [4.78, 5) is 24.5. The maximum absolute atomic E-state index is 11.8. The van der Waals surface area contributed by atoms with Crippen LogP contribution in [0.3, 0.4) is 0 Å². The molecule has 0 aliphatic carbocycles. The summed E-state index contributed by atoms with van der Waals surface area (Å²) in [5.74, 6) is -1.37. The Morgan fingerprint density at radius 2 is 2.22 bits per heavy atom. The van der Waals surface area contributed by atoms with Gasteiger partial charge in [0.05, 0.1) is 22.9 Å². The Kier molecular flexibility index (Phi) is 3.54. The number of halogens is 1. The Morgan fingerprint density at radius 1 is 1.50 bits per heavy atom. The average Bonchev–Trinajstić information content (AvgIpc) is 2.32. The van der Waals surface area contributed by atoms with Gasteiger partial charge in [0, 0.05) is 6.54 Å². The number of nitrogens with zero attached hydrogens (tertiary/aromatic N) is 1. The number of ether oxygens (including phenoxy) is 1. The smallest absolute Gasteiger partial charge is 0.338 e. The van der Waals surface area contributed by atoms with E-state index in [1.54, 1.807) is 19.1 Å². The van der Waals surface area contributed by atoms with Crippen molar-refractivity contribution in [2.75, 3.05) is 24.7 Å². The molecule has 18 heavy (non-hydrogen) atoms. The lowest BCUT2D eigenvalue weighted by Crippen LogP contribution is -2.42. The number of aromatic carboxylic acids is 1. The highest BCUT2D eigenvalue weighted by Gasteiger charge is 2.27. The summed E-state index contributed by atoms with van der Waals surface area (Å²) < 4.78 is 5.02. The van der Waals surface area contributed by atoms with Gasteiger partial charge >= 0.3 is 5.97 Å². The molecule has 6 heteroatoms. The van der Waals surface area contributed by atoms with E-state index in [1.807, 2.05) is 0 Å². The first-order valence-electron chi connectivity index (χ1n) is 5.43. The van der Waals surface area contributed by atoms with Gasteiger partial charge in [0.15, 0.2) is 0 Å². The quantitative estimate of drug-likeness (QED) is 0.888. The summed E-state index contributed by atoms with van der Waals surface area (Å²) in [6.45, 7) is 2.30. The van der Waals surface area contributed by atoms with Crippen molar-refractivity contribution >= 4 is 29.2 Å². The number of carboxylic acid groups (broad SMARTS) is 1. The van der Waals surface area contributed by atoms with Gasteiger partial charge in [-0.15, -0.1) is 0 Å². The van der Waals surface area contributed by atoms with Gasteiger partial charge in [0.2, 0.25) is 0 Å². The highest BCUT2D eigenvalue weighted by Crippen LogP contribution is 2.33. The van der Waals surface area contributed by atoms with Gasteiger partial charge in [-0.3, -0.25) is 4.79 Å². The number of rotatable bonds is 2. The summed E-state index contributed by atoms with van der Waals surface area (Å²) in [5.41, 5.74) is 0.899. The van der Waals surface area contributed by atoms with Crippen molar-refractivity contribution in [2.45, 2.75) is 6.92 Å². The Morgan fingerprint density at radius 3 is 2.83 bits per heavy atom. The largest absolute Gasteiger partial charge is 0.478 e. The Labute approximate surface area is 109 Å². The predicted octanol–water partition coefficient (Wildman–Crippen LogP) is 1.71. The highest BCUT2D eigenvalue weighted by atomic mass is 35.5. The van der Waals surface area contributed by atoms with E-state index < -0.39 is 5.97 Å². The molecule has 0 saturated carbocycles. The number of carbonyl (C=O) groups excluding carboxylic acids is 1. The van der Waals surface area contributed by atoms with Crippen LogP contribution in [0.4, 0.5) is 5.69 Å². The normalized spacial score (nSPS) is 15.9. The van der Waals surface area contributed by atoms with Crippen LogP contribution in [-0.2, 0) is 9.53 Å². The first kappa shape index (κ1) is 12.9. The molecular formula is C12H12ClNO4. The Balaban J connectivity index is 2.57. The van der Waals surface area contributed by atoms with Gasteiger partial charge < -0.3 is 14.7 Å². The van der Waals surface area contributed by atoms with Crippen molar-refractivity contribution in [1.82, 2.24) is 0 Å². The van der Waals surface area contributed by atoms with Crippen LogP contribution in [0.15, 0.2) is 12.1 Å². The lowest BCUT2D eigenvalue weighted by molar-refractivity contribution is -0.125. The van der Waals surface area contributed by atoms with Crippen molar-refractivity contribution in [3.05, 3.63) is 28.3 Å². The zero-order valence-corrected chi connectivity index (χ0v) is 10.5. The van der Waals surface area contributed by atoms with Crippen molar-refractivity contribution in [1.29, 1.82) is 0 Å². The standard InChI is InChI=1S/C12H12ClNO4/c1-7-2-3-8(13)11(10(7)12(16)17)14-4-5-18-6-9(14)15/h2-3H,4-6H2,1H3,(H,16,17). The molecule has 1 aromatic carbocycles. The van der Waals surface area contributed by atoms with Gasteiger partial charge in [0.1, 0.15) is 6.61 Å². The topological polar surface area (TPSA) is 66.8 Å². The minimum absolute atomic E-state index is 0.0523. The van der Waals surface area contributed by atoms with Gasteiger partial charge in [0.25, 0.3) is 5.91 Å². The van der Waals surface area contributed by atoms with Crippen LogP contribution in [0.1, 0.15) is 15.9 Å². The molecule has 1 amide bonds. The SMILES string of the molecule is Cc1ccc(Cl)c(N2CCOCC2=O)c1C(=O)O. The maximum Gasteiger partial charge on any atom is 0.338 e. The van der Waals surface area contributed by atoms with E-state index in [9.17, 15) is 14.7 Å². The van der Waals surface area contributed by atoms with Crippen LogP contribution < -0.4 is 4.90 Å². The van der Waals surface area contributed by atoms with E-state index in [2.05, 4.69) is 0 Å². The number of hydrogen-bond donors (Lipinski definition) is 1. The second-order valence-corrected chi connectivity index (χ2v) is 4.40. The fraction of sp³-hybridized carbons (Fsp3) is 0.333. The van der Waals surface area contributed by atoms with E-state index in [4.69, 9.17) is 16.3 Å². The van der Waals surface area contributed by atoms with Crippen LogP contribution >= 0.6 is 11.6 Å². The molecule has 1 N–H and O–H groups in total. The van der Waals surface area contributed by atoms with E-state index in [1.165, 1.54) is 4.90 Å². The summed E-state index contributed by atoms with van der Waals surface area (Å²) >= 11 is 6.05. The number of hydrogen-bond acceptors (Lipinski definition) is 3. The minimum Gasteiger partial charge on any atom is -0.478 e. The van der Waals surface area contributed by atoms with E-state index in [0.717, 1.165) is 0 Å². The lowest BCUT2D eigenvalue weighted by atomic mass is 10.1. The van der Waals surface area contributed by atoms with Gasteiger partial charge in [-0.2, -0.15) is 0 Å². The molecule has 0 unspecified atom stereocenters. The first-order valence-corrected chi connectivity index (χ1v) is 5.80. The van der Waals surface area contributed by atoms with Crippen LogP contribution in [0.2, 0.25) is 5.02 Å². The third-order valence-electron chi connectivity index (χ3n) is 2.81. The fourth-order valence-electron chi connectivity index (χ4n) is 1.95. The molecule has 1 aliphatic heterocycles. The molecule has 1 fully saturated rings. The molecular weight excluding hydrogens is 258 g/mol. The summed E-state index contributed by atoms with van der Waals surface area (Å²) in [5, 5.41) is 9.52. The number of carbonyl (C=O) groups is 2. The third-order valence-corrected chi connectivity index (χ3v) is 3.11. The van der Waals surface area contributed by atoms with E-state index in [-0.39, 0.29) is 28.8 Å². The zero-order valence-electron chi connectivity index (χ0n) is 9.77. The van der Waals surface area contributed by atoms with Crippen LogP contribution in [-0.4, -0.2) is 36.7 Å². The van der Waals surface area contributed by atoms with Crippen LogP contribution in [0.25, 0.3) is 0 Å². The number of benzene rings is 1. The van der Waals surface area contributed by atoms with Crippen LogP contribution in [0.5, 0.6) is 0 Å². The number of aryl methyl sites for hydroxylation is 1. The fourth-order valence-corrected chi connectivity index (χ4v) is 2.21. The zero-order chi connectivity index (χ0) is 13.3. The van der Waals surface area contributed by atoms with Crippen molar-refractivity contribution in [3.63, 3.8) is 0 Å². The summed E-state index contributed by atoms with van der Waals surface area (Å²) in [6.07, 6.45) is 0. The van der Waals surface area contributed by atoms with Crippen molar-refractivity contribution < 1.29 is 19.4 Å². The molecule has 1 aromatic rings. The van der Waals surface area contributed by atoms with Gasteiger partial charge in [-0.1, -0.05) is 17.7 Å². The highest BCUT2D eigenvalue weighted by molar-refractivity contribution is 6.35. The molecule has 0 atom stereocenters. The predicted molar refractivity (Wildman–Crippen MR) is 66.3 cm³/mol. The number of anilines is 1. The van der Waals surface area contributed by atoms with Crippen molar-refractivity contribution in [3.8, 4) is 0 Å². The first-order chi connectivity index (χ1) is 8.52. The maximum atomic E-state index is 11.8. The van der Waals surface area contributed by atoms with E-state index >= 15 is 0 Å². The molecule has 0 bridgehead atoms. The van der Waals surface area contributed by atoms with Gasteiger partial charge in [-0.25, -0.2) is 4.79 Å². The Hall–Kier alpha value is -1.59.